The normalized spacial score (nSPS) is 18.3. The average molecular weight is 266 g/mol. The molecule has 0 radical (unpaired) electrons. The SMILES string of the molecule is CCOC(=O)c1c(NC(=O)C2CCOC2)c[nH]c1C. The molecule has 1 fully saturated rings. The van der Waals surface area contributed by atoms with Crippen LogP contribution in [-0.2, 0) is 14.3 Å². The van der Waals surface area contributed by atoms with Crippen LogP contribution in [0.1, 0.15) is 29.4 Å². The fourth-order valence-corrected chi connectivity index (χ4v) is 2.07. The highest BCUT2D eigenvalue weighted by Gasteiger charge is 2.26. The molecule has 6 heteroatoms. The Morgan fingerprint density at radius 1 is 1.58 bits per heavy atom. The van der Waals surface area contributed by atoms with Gasteiger partial charge in [0, 0.05) is 18.5 Å². The highest BCUT2D eigenvalue weighted by molar-refractivity contribution is 6.02. The summed E-state index contributed by atoms with van der Waals surface area (Å²) in [4.78, 5) is 26.8. The summed E-state index contributed by atoms with van der Waals surface area (Å²) in [5.41, 5.74) is 1.53. The zero-order valence-electron chi connectivity index (χ0n) is 11.1. The third kappa shape index (κ3) is 2.96. The molecule has 0 aliphatic carbocycles. The van der Waals surface area contributed by atoms with Crippen molar-refractivity contribution >= 4 is 17.6 Å². The minimum atomic E-state index is -0.431. The van der Waals surface area contributed by atoms with E-state index in [4.69, 9.17) is 9.47 Å². The van der Waals surface area contributed by atoms with Gasteiger partial charge in [0.25, 0.3) is 0 Å². The molecule has 19 heavy (non-hydrogen) atoms. The van der Waals surface area contributed by atoms with E-state index >= 15 is 0 Å². The largest absolute Gasteiger partial charge is 0.462 e. The number of nitrogens with one attached hydrogen (secondary N) is 2. The average Bonchev–Trinajstić information content (AvgIpc) is 2.99. The number of aromatic nitrogens is 1. The monoisotopic (exact) mass is 266 g/mol. The van der Waals surface area contributed by atoms with Crippen molar-refractivity contribution < 1.29 is 19.1 Å². The van der Waals surface area contributed by atoms with Gasteiger partial charge in [0.2, 0.25) is 5.91 Å². The van der Waals surface area contributed by atoms with Crippen LogP contribution in [0.25, 0.3) is 0 Å². The number of esters is 1. The van der Waals surface area contributed by atoms with Crippen LogP contribution in [0.4, 0.5) is 5.69 Å². The number of carbonyl (C=O) groups excluding carboxylic acids is 2. The maximum Gasteiger partial charge on any atom is 0.342 e. The Balaban J connectivity index is 2.11. The van der Waals surface area contributed by atoms with Crippen LogP contribution in [0.3, 0.4) is 0 Å². The summed E-state index contributed by atoms with van der Waals surface area (Å²) in [6, 6.07) is 0. The first-order chi connectivity index (χ1) is 9.13. The lowest BCUT2D eigenvalue weighted by atomic mass is 10.1. The van der Waals surface area contributed by atoms with Crippen molar-refractivity contribution in [3.8, 4) is 0 Å². The van der Waals surface area contributed by atoms with Gasteiger partial charge in [-0.25, -0.2) is 4.79 Å². The summed E-state index contributed by atoms with van der Waals surface area (Å²) >= 11 is 0. The Bertz CT molecular complexity index is 475. The molecule has 1 aromatic rings. The minimum Gasteiger partial charge on any atom is -0.462 e. The van der Waals surface area contributed by atoms with Crippen molar-refractivity contribution in [3.63, 3.8) is 0 Å². The Labute approximate surface area is 111 Å². The molecule has 2 heterocycles. The molecule has 1 saturated heterocycles. The number of carbonyl (C=O) groups is 2. The molecule has 0 aromatic carbocycles. The summed E-state index contributed by atoms with van der Waals surface area (Å²) < 4.78 is 10.2. The van der Waals surface area contributed by atoms with Crippen LogP contribution in [-0.4, -0.2) is 36.7 Å². The van der Waals surface area contributed by atoms with Crippen molar-refractivity contribution in [2.45, 2.75) is 20.3 Å². The molecule has 2 N–H and O–H groups in total. The number of anilines is 1. The Kier molecular flexibility index (Phi) is 4.21. The van der Waals surface area contributed by atoms with Crippen molar-refractivity contribution in [1.82, 2.24) is 4.98 Å². The van der Waals surface area contributed by atoms with E-state index in [1.807, 2.05) is 0 Å². The molecule has 6 nitrogen and oxygen atoms in total. The molecular weight excluding hydrogens is 248 g/mol. The molecular formula is C13H18N2O4. The van der Waals surface area contributed by atoms with Gasteiger partial charge in [-0.3, -0.25) is 4.79 Å². The molecule has 1 aromatic heterocycles. The Hall–Kier alpha value is -1.82. The van der Waals surface area contributed by atoms with Crippen LogP contribution in [0, 0.1) is 12.8 Å². The molecule has 1 aliphatic rings. The van der Waals surface area contributed by atoms with E-state index in [9.17, 15) is 9.59 Å². The van der Waals surface area contributed by atoms with Crippen molar-refractivity contribution in [3.05, 3.63) is 17.5 Å². The highest BCUT2D eigenvalue weighted by atomic mass is 16.5. The van der Waals surface area contributed by atoms with Gasteiger partial charge in [-0.05, 0) is 20.3 Å². The number of rotatable bonds is 4. The molecule has 104 valence electrons. The van der Waals surface area contributed by atoms with Gasteiger partial charge in [0.15, 0.2) is 0 Å². The van der Waals surface area contributed by atoms with Crippen LogP contribution in [0.5, 0.6) is 0 Å². The van der Waals surface area contributed by atoms with Gasteiger partial charge >= 0.3 is 5.97 Å². The number of H-pyrrole nitrogens is 1. The molecule has 2 rings (SSSR count). The van der Waals surface area contributed by atoms with Gasteiger partial charge in [-0.1, -0.05) is 0 Å². The van der Waals surface area contributed by atoms with Gasteiger partial charge in [-0.15, -0.1) is 0 Å². The smallest absolute Gasteiger partial charge is 0.342 e. The lowest BCUT2D eigenvalue weighted by Crippen LogP contribution is -2.23. The standard InChI is InChI=1S/C13H18N2O4/c1-3-19-13(17)11-8(2)14-6-10(11)15-12(16)9-4-5-18-7-9/h6,9,14H,3-5,7H2,1-2H3,(H,15,16). The third-order valence-electron chi connectivity index (χ3n) is 3.12. The summed E-state index contributed by atoms with van der Waals surface area (Å²) in [5.74, 6) is -0.702. The van der Waals surface area contributed by atoms with Crippen molar-refractivity contribution in [1.29, 1.82) is 0 Å². The lowest BCUT2D eigenvalue weighted by molar-refractivity contribution is -0.119. The molecule has 0 saturated carbocycles. The van der Waals surface area contributed by atoms with Crippen LogP contribution in [0.15, 0.2) is 6.20 Å². The first kappa shape index (κ1) is 13.6. The summed E-state index contributed by atoms with van der Waals surface area (Å²) in [5, 5.41) is 2.76. The van der Waals surface area contributed by atoms with E-state index in [0.29, 0.717) is 43.2 Å². The lowest BCUT2D eigenvalue weighted by Gasteiger charge is -2.10. The molecule has 1 atom stereocenters. The molecule has 0 spiro atoms. The number of aromatic amines is 1. The topological polar surface area (TPSA) is 80.4 Å². The fourth-order valence-electron chi connectivity index (χ4n) is 2.07. The molecule has 1 aliphatic heterocycles. The number of amides is 1. The van der Waals surface area contributed by atoms with Crippen molar-refractivity contribution in [2.24, 2.45) is 5.92 Å². The first-order valence-corrected chi connectivity index (χ1v) is 6.37. The Morgan fingerprint density at radius 3 is 3.00 bits per heavy atom. The molecule has 1 amide bonds. The van der Waals surface area contributed by atoms with E-state index in [-0.39, 0.29) is 11.8 Å². The summed E-state index contributed by atoms with van der Waals surface area (Å²) in [6.07, 6.45) is 2.32. The van der Waals surface area contributed by atoms with E-state index in [1.54, 1.807) is 20.0 Å². The van der Waals surface area contributed by atoms with E-state index in [1.165, 1.54) is 0 Å². The van der Waals surface area contributed by atoms with Crippen LogP contribution < -0.4 is 5.32 Å². The number of hydrogen-bond acceptors (Lipinski definition) is 4. The van der Waals surface area contributed by atoms with Gasteiger partial charge in [0.05, 0.1) is 24.8 Å². The first-order valence-electron chi connectivity index (χ1n) is 6.37. The molecule has 0 bridgehead atoms. The number of ether oxygens (including phenoxy) is 2. The summed E-state index contributed by atoms with van der Waals surface area (Å²) in [6.45, 7) is 4.85. The Morgan fingerprint density at radius 2 is 2.37 bits per heavy atom. The molecule has 1 unspecified atom stereocenters. The maximum atomic E-state index is 12.0. The second kappa shape index (κ2) is 5.88. The van der Waals surface area contributed by atoms with E-state index < -0.39 is 5.97 Å². The quantitative estimate of drug-likeness (QED) is 0.809. The zero-order valence-corrected chi connectivity index (χ0v) is 11.1. The van der Waals surface area contributed by atoms with Crippen LogP contribution in [0.2, 0.25) is 0 Å². The van der Waals surface area contributed by atoms with Gasteiger partial charge < -0.3 is 19.8 Å². The number of hydrogen-bond donors (Lipinski definition) is 2. The van der Waals surface area contributed by atoms with Gasteiger partial charge in [0.1, 0.15) is 5.56 Å². The van der Waals surface area contributed by atoms with E-state index in [0.717, 1.165) is 0 Å². The number of aryl methyl sites for hydroxylation is 1. The fraction of sp³-hybridized carbons (Fsp3) is 0.538. The second-order valence-electron chi connectivity index (χ2n) is 4.47. The maximum absolute atomic E-state index is 12.0. The van der Waals surface area contributed by atoms with E-state index in [2.05, 4.69) is 10.3 Å². The second-order valence-corrected chi connectivity index (χ2v) is 4.47. The third-order valence-corrected chi connectivity index (χ3v) is 3.12. The highest BCUT2D eigenvalue weighted by Crippen LogP contribution is 2.22. The predicted octanol–water partition coefficient (Wildman–Crippen LogP) is 1.47. The van der Waals surface area contributed by atoms with Crippen LogP contribution >= 0.6 is 0 Å². The van der Waals surface area contributed by atoms with Gasteiger partial charge in [-0.2, -0.15) is 0 Å². The summed E-state index contributed by atoms with van der Waals surface area (Å²) in [7, 11) is 0. The van der Waals surface area contributed by atoms with Crippen molar-refractivity contribution in [2.75, 3.05) is 25.1 Å². The minimum absolute atomic E-state index is 0.123. The predicted molar refractivity (Wildman–Crippen MR) is 69.0 cm³/mol. The zero-order chi connectivity index (χ0) is 13.8.